The first-order valence-corrected chi connectivity index (χ1v) is 7.31. The Labute approximate surface area is 125 Å². The van der Waals surface area contributed by atoms with Crippen LogP contribution in [0, 0.1) is 13.8 Å². The van der Waals surface area contributed by atoms with Gasteiger partial charge in [-0.3, -0.25) is 4.72 Å². The molecule has 21 heavy (non-hydrogen) atoms. The zero-order chi connectivity index (χ0) is 15.4. The van der Waals surface area contributed by atoms with Crippen LogP contribution >= 0.6 is 0 Å². The summed E-state index contributed by atoms with van der Waals surface area (Å²) in [6.45, 7) is 3.75. The summed E-state index contributed by atoms with van der Waals surface area (Å²) in [4.78, 5) is 11.1. The van der Waals surface area contributed by atoms with Gasteiger partial charge in [-0.2, -0.15) is 4.21 Å². The van der Waals surface area contributed by atoms with E-state index in [0.717, 1.165) is 11.1 Å². The third kappa shape index (κ3) is 3.82. The minimum atomic E-state index is -1.88. The number of rotatable bonds is 5. The van der Waals surface area contributed by atoms with E-state index in [4.69, 9.17) is 9.29 Å². The average Bonchev–Trinajstić information content (AvgIpc) is 2.43. The Morgan fingerprint density at radius 3 is 2.62 bits per heavy atom. The third-order valence-electron chi connectivity index (χ3n) is 2.86. The maximum Gasteiger partial charge on any atom is 0.337 e. The third-order valence-corrected chi connectivity index (χ3v) is 3.58. The van der Waals surface area contributed by atoms with Gasteiger partial charge in [0.2, 0.25) is 0 Å². The predicted octanol–water partition coefficient (Wildman–Crippen LogP) is 3.07. The average molecular weight is 305 g/mol. The fraction of sp³-hybridized carbons (Fsp3) is 0.133. The Morgan fingerprint density at radius 1 is 1.19 bits per heavy atom. The highest BCUT2D eigenvalue weighted by Crippen LogP contribution is 2.21. The number of para-hydroxylation sites is 1. The molecule has 0 amide bonds. The molecular weight excluding hydrogens is 290 g/mol. The molecule has 0 aliphatic rings. The largest absolute Gasteiger partial charge is 0.478 e. The van der Waals surface area contributed by atoms with Crippen LogP contribution in [0.5, 0.6) is 5.75 Å². The monoisotopic (exact) mass is 305 g/mol. The number of aromatic carboxylic acids is 1. The van der Waals surface area contributed by atoms with E-state index in [9.17, 15) is 9.00 Å². The van der Waals surface area contributed by atoms with Crippen LogP contribution in [-0.4, -0.2) is 15.3 Å². The predicted molar refractivity (Wildman–Crippen MR) is 81.7 cm³/mol. The zero-order valence-corrected chi connectivity index (χ0v) is 12.4. The van der Waals surface area contributed by atoms with Gasteiger partial charge in [0.05, 0.1) is 11.3 Å². The molecule has 0 aliphatic carbocycles. The van der Waals surface area contributed by atoms with Gasteiger partial charge >= 0.3 is 17.2 Å². The fourth-order valence-corrected chi connectivity index (χ4v) is 2.49. The normalized spacial score (nSPS) is 11.7. The highest BCUT2D eigenvalue weighted by atomic mass is 32.2. The molecule has 2 rings (SSSR count). The zero-order valence-electron chi connectivity index (χ0n) is 11.6. The smallest absolute Gasteiger partial charge is 0.337 e. The molecule has 0 radical (unpaired) electrons. The molecule has 0 aliphatic heterocycles. The number of benzene rings is 2. The first-order chi connectivity index (χ1) is 9.97. The first-order valence-electron chi connectivity index (χ1n) is 6.23. The molecule has 5 nitrogen and oxygen atoms in total. The first kappa shape index (κ1) is 15.1. The van der Waals surface area contributed by atoms with Crippen molar-refractivity contribution in [1.29, 1.82) is 0 Å². The van der Waals surface area contributed by atoms with Crippen LogP contribution in [0.4, 0.5) is 5.69 Å². The second-order valence-electron chi connectivity index (χ2n) is 4.54. The lowest BCUT2D eigenvalue weighted by Crippen LogP contribution is -2.14. The van der Waals surface area contributed by atoms with Gasteiger partial charge in [-0.05, 0) is 43.2 Å². The van der Waals surface area contributed by atoms with Crippen LogP contribution in [0.1, 0.15) is 21.5 Å². The molecule has 0 saturated heterocycles. The van der Waals surface area contributed by atoms with Gasteiger partial charge < -0.3 is 9.29 Å². The van der Waals surface area contributed by atoms with Crippen LogP contribution in [0.25, 0.3) is 0 Å². The van der Waals surface area contributed by atoms with Crippen molar-refractivity contribution in [2.45, 2.75) is 13.8 Å². The standard InChI is InChI=1S/C15H15NO4S/c1-10-7-8-11(2)14(9-10)20-21(19)16-13-6-4-3-5-12(13)15(17)18/h3-9,16H,1-2H3,(H,17,18). The van der Waals surface area contributed by atoms with Crippen molar-refractivity contribution in [3.8, 4) is 5.75 Å². The van der Waals surface area contributed by atoms with Gasteiger partial charge in [0.1, 0.15) is 5.75 Å². The van der Waals surface area contributed by atoms with Crippen LogP contribution < -0.4 is 8.91 Å². The van der Waals surface area contributed by atoms with Crippen LogP contribution in [-0.2, 0) is 11.3 Å². The van der Waals surface area contributed by atoms with Gasteiger partial charge in [-0.1, -0.05) is 24.3 Å². The molecule has 110 valence electrons. The molecule has 0 fully saturated rings. The highest BCUT2D eigenvalue weighted by molar-refractivity contribution is 7.82. The van der Waals surface area contributed by atoms with E-state index in [2.05, 4.69) is 4.72 Å². The Bertz CT molecular complexity index is 700. The topological polar surface area (TPSA) is 75.6 Å². The van der Waals surface area contributed by atoms with Gasteiger partial charge in [0.25, 0.3) is 0 Å². The van der Waals surface area contributed by atoms with Gasteiger partial charge in [0, 0.05) is 0 Å². The quantitative estimate of drug-likeness (QED) is 0.890. The van der Waals surface area contributed by atoms with E-state index in [1.54, 1.807) is 18.2 Å². The van der Waals surface area contributed by atoms with Gasteiger partial charge in [0.15, 0.2) is 0 Å². The SMILES string of the molecule is Cc1ccc(C)c(OS(=O)Nc2ccccc2C(=O)O)c1. The van der Waals surface area contributed by atoms with E-state index in [1.807, 2.05) is 26.0 Å². The number of hydrogen-bond donors (Lipinski definition) is 2. The maximum absolute atomic E-state index is 12.0. The lowest BCUT2D eigenvalue weighted by atomic mass is 10.1. The lowest BCUT2D eigenvalue weighted by Gasteiger charge is -2.11. The molecule has 1 unspecified atom stereocenters. The number of carboxylic acids is 1. The summed E-state index contributed by atoms with van der Waals surface area (Å²) in [6.07, 6.45) is 0. The second-order valence-corrected chi connectivity index (χ2v) is 5.38. The van der Waals surface area contributed by atoms with Crippen LogP contribution in [0.15, 0.2) is 42.5 Å². The summed E-state index contributed by atoms with van der Waals surface area (Å²) in [5.74, 6) is -0.601. The van der Waals surface area contributed by atoms with Crippen molar-refractivity contribution in [1.82, 2.24) is 0 Å². The van der Waals surface area contributed by atoms with Crippen LogP contribution in [0.3, 0.4) is 0 Å². The molecule has 2 aromatic carbocycles. The number of aryl methyl sites for hydroxylation is 2. The second kappa shape index (κ2) is 6.41. The molecule has 2 aromatic rings. The summed E-state index contributed by atoms with van der Waals surface area (Å²) in [7, 11) is 0. The Hall–Kier alpha value is -2.34. The number of carbonyl (C=O) groups is 1. The number of hydrogen-bond acceptors (Lipinski definition) is 3. The molecule has 0 spiro atoms. The molecule has 0 saturated carbocycles. The van der Waals surface area contributed by atoms with Crippen LogP contribution in [0.2, 0.25) is 0 Å². The minimum absolute atomic E-state index is 0.0374. The highest BCUT2D eigenvalue weighted by Gasteiger charge is 2.12. The van der Waals surface area contributed by atoms with E-state index < -0.39 is 17.2 Å². The summed E-state index contributed by atoms with van der Waals surface area (Å²) < 4.78 is 19.9. The van der Waals surface area contributed by atoms with E-state index in [0.29, 0.717) is 5.75 Å². The fourth-order valence-electron chi connectivity index (χ4n) is 1.75. The van der Waals surface area contributed by atoms with Crippen molar-refractivity contribution in [2.24, 2.45) is 0 Å². The molecule has 0 heterocycles. The maximum atomic E-state index is 12.0. The Morgan fingerprint density at radius 2 is 1.90 bits per heavy atom. The molecule has 0 aromatic heterocycles. The minimum Gasteiger partial charge on any atom is -0.478 e. The molecular formula is C15H15NO4S. The van der Waals surface area contributed by atoms with Gasteiger partial charge in [-0.15, -0.1) is 0 Å². The number of nitrogens with one attached hydrogen (secondary N) is 1. The lowest BCUT2D eigenvalue weighted by molar-refractivity contribution is 0.0698. The summed E-state index contributed by atoms with van der Waals surface area (Å²) in [5.41, 5.74) is 2.12. The Balaban J connectivity index is 2.16. The van der Waals surface area contributed by atoms with Crippen molar-refractivity contribution < 1.29 is 18.3 Å². The Kier molecular flexibility index (Phi) is 4.59. The number of anilines is 1. The molecule has 1 atom stereocenters. The molecule has 6 heteroatoms. The van der Waals surface area contributed by atoms with Crippen molar-refractivity contribution in [2.75, 3.05) is 4.72 Å². The van der Waals surface area contributed by atoms with Gasteiger partial charge in [-0.25, -0.2) is 4.79 Å². The molecule has 0 bridgehead atoms. The number of carboxylic acid groups (broad SMARTS) is 1. The summed E-state index contributed by atoms with van der Waals surface area (Å²) >= 11 is -1.88. The van der Waals surface area contributed by atoms with E-state index in [1.165, 1.54) is 12.1 Å². The van der Waals surface area contributed by atoms with Crippen molar-refractivity contribution in [3.63, 3.8) is 0 Å². The van der Waals surface area contributed by atoms with Crippen molar-refractivity contribution in [3.05, 3.63) is 59.2 Å². The molecule has 2 N–H and O–H groups in total. The van der Waals surface area contributed by atoms with E-state index >= 15 is 0 Å². The van der Waals surface area contributed by atoms with Crippen molar-refractivity contribution >= 4 is 22.9 Å². The summed E-state index contributed by atoms with van der Waals surface area (Å²) in [6, 6.07) is 11.8. The van der Waals surface area contributed by atoms with E-state index in [-0.39, 0.29) is 11.3 Å². The summed E-state index contributed by atoms with van der Waals surface area (Å²) in [5, 5.41) is 9.07.